The number of carbonyl (C=O) groups is 1. The molecule has 2 aromatic rings. The molecule has 0 fully saturated rings. The maximum Gasteiger partial charge on any atom is 0.230 e. The number of thioether (sulfide) groups is 1. The zero-order valence-electron chi connectivity index (χ0n) is 15.2. The van der Waals surface area contributed by atoms with Gasteiger partial charge in [0.15, 0.2) is 0 Å². The number of hydrogen-bond acceptors (Lipinski definition) is 3. The van der Waals surface area contributed by atoms with Gasteiger partial charge in [-0.1, -0.05) is 29.8 Å². The molecule has 2 rings (SSSR count). The maximum absolute atomic E-state index is 11.9. The first kappa shape index (κ1) is 19.4. The van der Waals surface area contributed by atoms with Gasteiger partial charge in [0.05, 0.1) is 11.9 Å². The van der Waals surface area contributed by atoms with E-state index >= 15 is 0 Å². The normalized spacial score (nSPS) is 10.7. The topological polar surface area (TPSA) is 38.3 Å². The Labute approximate surface area is 155 Å². The molecule has 2 aromatic carbocycles. The van der Waals surface area contributed by atoms with Crippen LogP contribution in [0.3, 0.4) is 0 Å². The van der Waals surface area contributed by atoms with E-state index in [4.69, 9.17) is 4.74 Å². The molecule has 3 nitrogen and oxygen atoms in total. The third kappa shape index (κ3) is 7.65. The zero-order chi connectivity index (χ0) is 18.1. The molecule has 0 radical (unpaired) electrons. The van der Waals surface area contributed by atoms with E-state index in [0.717, 1.165) is 23.5 Å². The molecule has 0 atom stereocenters. The first-order chi connectivity index (χ1) is 12.0. The lowest BCUT2D eigenvalue weighted by atomic mass is 10.1. The number of carbonyl (C=O) groups excluding carboxylic acids is 1. The van der Waals surface area contributed by atoms with Crippen LogP contribution in [0.5, 0.6) is 5.75 Å². The summed E-state index contributed by atoms with van der Waals surface area (Å²) in [6, 6.07) is 16.4. The number of nitrogens with one attached hydrogen (secondary N) is 1. The lowest BCUT2D eigenvalue weighted by Gasteiger charge is -2.11. The number of rotatable bonds is 9. The van der Waals surface area contributed by atoms with Gasteiger partial charge in [-0.25, -0.2) is 0 Å². The van der Waals surface area contributed by atoms with E-state index in [1.165, 1.54) is 11.1 Å². The lowest BCUT2D eigenvalue weighted by Crippen LogP contribution is -2.26. The smallest absolute Gasteiger partial charge is 0.230 e. The highest BCUT2D eigenvalue weighted by Gasteiger charge is 2.03. The summed E-state index contributed by atoms with van der Waals surface area (Å²) >= 11 is 1.57. The Morgan fingerprint density at radius 2 is 1.92 bits per heavy atom. The molecule has 134 valence electrons. The van der Waals surface area contributed by atoms with Crippen molar-refractivity contribution in [2.24, 2.45) is 0 Å². The van der Waals surface area contributed by atoms with E-state index in [9.17, 15) is 4.79 Å². The fraction of sp³-hybridized carbons (Fsp3) is 0.381. The van der Waals surface area contributed by atoms with Crippen LogP contribution in [-0.4, -0.2) is 24.3 Å². The van der Waals surface area contributed by atoms with Crippen molar-refractivity contribution in [2.75, 3.05) is 12.3 Å². The predicted octanol–water partition coefficient (Wildman–Crippen LogP) is 4.62. The van der Waals surface area contributed by atoms with Crippen LogP contribution in [0.1, 0.15) is 31.4 Å². The van der Waals surface area contributed by atoms with E-state index < -0.39 is 0 Å². The Morgan fingerprint density at radius 3 is 2.64 bits per heavy atom. The van der Waals surface area contributed by atoms with Gasteiger partial charge in [0.1, 0.15) is 5.75 Å². The molecule has 0 aliphatic rings. The van der Waals surface area contributed by atoms with Crippen molar-refractivity contribution < 1.29 is 9.53 Å². The first-order valence-corrected chi connectivity index (χ1v) is 9.73. The summed E-state index contributed by atoms with van der Waals surface area (Å²) in [7, 11) is 0. The van der Waals surface area contributed by atoms with Crippen molar-refractivity contribution in [3.8, 4) is 5.75 Å². The molecule has 0 saturated carbocycles. The largest absolute Gasteiger partial charge is 0.491 e. The van der Waals surface area contributed by atoms with Crippen molar-refractivity contribution in [3.63, 3.8) is 0 Å². The second-order valence-electron chi connectivity index (χ2n) is 6.37. The van der Waals surface area contributed by atoms with Gasteiger partial charge in [-0.15, -0.1) is 11.8 Å². The summed E-state index contributed by atoms with van der Waals surface area (Å²) in [5, 5.41) is 2.99. The van der Waals surface area contributed by atoms with Crippen molar-refractivity contribution in [1.29, 1.82) is 0 Å². The van der Waals surface area contributed by atoms with Gasteiger partial charge in [-0.2, -0.15) is 0 Å². The molecular weight excluding hydrogens is 330 g/mol. The Morgan fingerprint density at radius 1 is 1.16 bits per heavy atom. The Hall–Kier alpha value is -1.94. The van der Waals surface area contributed by atoms with E-state index in [1.54, 1.807) is 11.8 Å². The molecule has 25 heavy (non-hydrogen) atoms. The number of aryl methyl sites for hydroxylation is 2. The molecule has 0 saturated heterocycles. The molecular formula is C21H27NO2S. The Balaban J connectivity index is 1.65. The van der Waals surface area contributed by atoms with Gasteiger partial charge in [-0.05, 0) is 63.4 Å². The number of amides is 1. The standard InChI is InChI=1S/C21H27NO2S/c1-16(2)24-19-8-4-6-18(14-19)7-5-13-22-21(23)15-25-20-11-9-17(3)10-12-20/h4,6,8-12,14,16H,5,7,13,15H2,1-3H3,(H,22,23). The monoisotopic (exact) mass is 357 g/mol. The second kappa shape index (κ2) is 10.1. The predicted molar refractivity (Wildman–Crippen MR) is 105 cm³/mol. The highest BCUT2D eigenvalue weighted by Crippen LogP contribution is 2.18. The van der Waals surface area contributed by atoms with Crippen LogP contribution in [0.15, 0.2) is 53.4 Å². The fourth-order valence-electron chi connectivity index (χ4n) is 2.40. The Kier molecular flexibility index (Phi) is 7.86. The first-order valence-electron chi connectivity index (χ1n) is 8.74. The summed E-state index contributed by atoms with van der Waals surface area (Å²) in [5.74, 6) is 1.45. The van der Waals surface area contributed by atoms with Gasteiger partial charge >= 0.3 is 0 Å². The third-order valence-corrected chi connectivity index (χ3v) is 4.64. The third-order valence-electron chi connectivity index (χ3n) is 3.63. The average Bonchev–Trinajstić information content (AvgIpc) is 2.58. The summed E-state index contributed by atoms with van der Waals surface area (Å²) in [6.45, 7) is 6.81. The molecule has 4 heteroatoms. The molecule has 0 spiro atoms. The molecule has 1 N–H and O–H groups in total. The quantitative estimate of drug-likeness (QED) is 0.525. The van der Waals surface area contributed by atoms with Gasteiger partial charge in [0, 0.05) is 11.4 Å². The van der Waals surface area contributed by atoms with Crippen molar-refractivity contribution in [3.05, 3.63) is 59.7 Å². The fourth-order valence-corrected chi connectivity index (χ4v) is 3.13. The van der Waals surface area contributed by atoms with E-state index in [0.29, 0.717) is 12.3 Å². The van der Waals surface area contributed by atoms with E-state index in [-0.39, 0.29) is 12.0 Å². The molecule has 0 aliphatic heterocycles. The van der Waals surface area contributed by atoms with Crippen LogP contribution in [0.25, 0.3) is 0 Å². The van der Waals surface area contributed by atoms with Crippen molar-refractivity contribution >= 4 is 17.7 Å². The van der Waals surface area contributed by atoms with Crippen LogP contribution in [0.4, 0.5) is 0 Å². The molecule has 0 bridgehead atoms. The minimum Gasteiger partial charge on any atom is -0.491 e. The second-order valence-corrected chi connectivity index (χ2v) is 7.42. The van der Waals surface area contributed by atoms with Gasteiger partial charge in [0.2, 0.25) is 5.91 Å². The number of ether oxygens (including phenoxy) is 1. The minimum absolute atomic E-state index is 0.0856. The van der Waals surface area contributed by atoms with E-state index in [2.05, 4.69) is 48.6 Å². The maximum atomic E-state index is 11.9. The highest BCUT2D eigenvalue weighted by atomic mass is 32.2. The highest BCUT2D eigenvalue weighted by molar-refractivity contribution is 8.00. The molecule has 0 heterocycles. The van der Waals surface area contributed by atoms with E-state index in [1.807, 2.05) is 26.0 Å². The number of benzene rings is 2. The van der Waals surface area contributed by atoms with Gasteiger partial charge in [0.25, 0.3) is 0 Å². The van der Waals surface area contributed by atoms with Crippen molar-refractivity contribution in [2.45, 2.75) is 44.6 Å². The van der Waals surface area contributed by atoms with Crippen LogP contribution in [0.2, 0.25) is 0 Å². The molecule has 0 unspecified atom stereocenters. The van der Waals surface area contributed by atoms with Crippen LogP contribution >= 0.6 is 11.8 Å². The average molecular weight is 358 g/mol. The summed E-state index contributed by atoms with van der Waals surface area (Å²) in [5.41, 5.74) is 2.47. The van der Waals surface area contributed by atoms with Gasteiger partial charge in [-0.3, -0.25) is 4.79 Å². The van der Waals surface area contributed by atoms with Gasteiger partial charge < -0.3 is 10.1 Å². The molecule has 0 aliphatic carbocycles. The van der Waals surface area contributed by atoms with Crippen LogP contribution in [0, 0.1) is 6.92 Å². The Bertz CT molecular complexity index is 668. The minimum atomic E-state index is 0.0856. The molecule has 0 aromatic heterocycles. The summed E-state index contributed by atoms with van der Waals surface area (Å²) in [6.07, 6.45) is 2.04. The van der Waals surface area contributed by atoms with Crippen molar-refractivity contribution in [1.82, 2.24) is 5.32 Å². The number of hydrogen-bond donors (Lipinski definition) is 1. The molecule has 1 amide bonds. The lowest BCUT2D eigenvalue weighted by molar-refractivity contribution is -0.118. The SMILES string of the molecule is Cc1ccc(SCC(=O)NCCCc2cccc(OC(C)C)c2)cc1. The zero-order valence-corrected chi connectivity index (χ0v) is 16.1. The van der Waals surface area contributed by atoms with Crippen LogP contribution in [-0.2, 0) is 11.2 Å². The summed E-state index contributed by atoms with van der Waals surface area (Å²) < 4.78 is 5.71. The summed E-state index contributed by atoms with van der Waals surface area (Å²) in [4.78, 5) is 13.0. The van der Waals surface area contributed by atoms with Crippen LogP contribution < -0.4 is 10.1 Å².